The monoisotopic (exact) mass is 291 g/mol. The van der Waals surface area contributed by atoms with Crippen molar-refractivity contribution in [1.29, 1.82) is 0 Å². The minimum Gasteiger partial charge on any atom is -0.461 e. The Morgan fingerprint density at radius 2 is 2.10 bits per heavy atom. The summed E-state index contributed by atoms with van der Waals surface area (Å²) in [6.07, 6.45) is 1.75. The van der Waals surface area contributed by atoms with Gasteiger partial charge in [0, 0.05) is 23.2 Å². The van der Waals surface area contributed by atoms with E-state index in [0.29, 0.717) is 17.2 Å². The van der Waals surface area contributed by atoms with Gasteiger partial charge in [0.05, 0.1) is 6.61 Å². The van der Waals surface area contributed by atoms with Crippen LogP contribution in [0.25, 0.3) is 0 Å². The van der Waals surface area contributed by atoms with Crippen molar-refractivity contribution in [2.75, 3.05) is 6.61 Å². The number of hydrogen-bond acceptors (Lipinski definition) is 3. The molecule has 1 N–H and O–H groups in total. The van der Waals surface area contributed by atoms with Crippen LogP contribution in [0.3, 0.4) is 0 Å². The van der Waals surface area contributed by atoms with E-state index in [4.69, 9.17) is 16.3 Å². The van der Waals surface area contributed by atoms with Crippen molar-refractivity contribution >= 4 is 23.4 Å². The van der Waals surface area contributed by atoms with Crippen molar-refractivity contribution in [2.45, 2.75) is 13.3 Å². The number of halogens is 1. The van der Waals surface area contributed by atoms with Crippen molar-refractivity contribution in [2.24, 2.45) is 0 Å². The van der Waals surface area contributed by atoms with Gasteiger partial charge in [0.2, 0.25) is 0 Å². The Labute approximate surface area is 121 Å². The summed E-state index contributed by atoms with van der Waals surface area (Å²) in [7, 11) is 0. The summed E-state index contributed by atoms with van der Waals surface area (Å²) >= 11 is 5.88. The van der Waals surface area contributed by atoms with Crippen LogP contribution >= 0.6 is 11.6 Å². The number of carbonyl (C=O) groups is 2. The minimum absolute atomic E-state index is 0.0842. The van der Waals surface area contributed by atoms with Crippen LogP contribution in [0.4, 0.5) is 0 Å². The van der Waals surface area contributed by atoms with E-state index in [1.165, 1.54) is 12.3 Å². The molecule has 0 radical (unpaired) electrons. The maximum Gasteiger partial charge on any atom is 0.354 e. The Kier molecular flexibility index (Phi) is 4.58. The van der Waals surface area contributed by atoms with E-state index in [0.717, 1.165) is 5.56 Å². The van der Waals surface area contributed by atoms with Crippen LogP contribution in [0.1, 0.15) is 33.3 Å². The third kappa shape index (κ3) is 3.48. The summed E-state index contributed by atoms with van der Waals surface area (Å²) in [6, 6.07) is 8.64. The lowest BCUT2D eigenvalue weighted by Gasteiger charge is -2.00. The van der Waals surface area contributed by atoms with Gasteiger partial charge < -0.3 is 9.72 Å². The largest absolute Gasteiger partial charge is 0.461 e. The van der Waals surface area contributed by atoms with Gasteiger partial charge in [-0.25, -0.2) is 4.79 Å². The lowest BCUT2D eigenvalue weighted by atomic mass is 10.1. The maximum absolute atomic E-state index is 12.1. The van der Waals surface area contributed by atoms with E-state index in [9.17, 15) is 9.59 Å². The van der Waals surface area contributed by atoms with E-state index in [1.807, 2.05) is 6.07 Å². The number of ether oxygens (including phenoxy) is 1. The van der Waals surface area contributed by atoms with Crippen LogP contribution in [0.2, 0.25) is 5.02 Å². The number of rotatable bonds is 5. The Balaban J connectivity index is 2.08. The first-order valence-electron chi connectivity index (χ1n) is 6.23. The molecular weight excluding hydrogens is 278 g/mol. The van der Waals surface area contributed by atoms with Gasteiger partial charge in [0.15, 0.2) is 5.78 Å². The molecule has 0 aliphatic rings. The lowest BCUT2D eigenvalue weighted by Crippen LogP contribution is -2.05. The van der Waals surface area contributed by atoms with Crippen LogP contribution in [0, 0.1) is 0 Å². The molecule has 0 aliphatic carbocycles. The fraction of sp³-hybridized carbons (Fsp3) is 0.200. The Morgan fingerprint density at radius 3 is 2.80 bits per heavy atom. The van der Waals surface area contributed by atoms with Gasteiger partial charge in [-0.15, -0.1) is 0 Å². The van der Waals surface area contributed by atoms with E-state index in [-0.39, 0.29) is 17.9 Å². The van der Waals surface area contributed by atoms with Gasteiger partial charge in [-0.2, -0.15) is 0 Å². The highest BCUT2D eigenvalue weighted by Gasteiger charge is 2.14. The van der Waals surface area contributed by atoms with Crippen LogP contribution in [-0.2, 0) is 11.2 Å². The van der Waals surface area contributed by atoms with Crippen molar-refractivity contribution in [3.63, 3.8) is 0 Å². The molecular formula is C15H14ClNO3. The summed E-state index contributed by atoms with van der Waals surface area (Å²) < 4.78 is 4.86. The predicted molar refractivity (Wildman–Crippen MR) is 76.2 cm³/mol. The number of aromatic amines is 1. The molecule has 1 heterocycles. The first-order chi connectivity index (χ1) is 9.60. The zero-order valence-corrected chi connectivity index (χ0v) is 11.7. The van der Waals surface area contributed by atoms with Gasteiger partial charge in [0.25, 0.3) is 0 Å². The summed E-state index contributed by atoms with van der Waals surface area (Å²) in [5.41, 5.74) is 1.57. The maximum atomic E-state index is 12.1. The fourth-order valence-electron chi connectivity index (χ4n) is 1.82. The first kappa shape index (κ1) is 14.3. The molecule has 0 atom stereocenters. The molecule has 0 saturated carbocycles. The van der Waals surface area contributed by atoms with Gasteiger partial charge in [-0.3, -0.25) is 4.79 Å². The fourth-order valence-corrected chi connectivity index (χ4v) is 2.03. The van der Waals surface area contributed by atoms with Crippen LogP contribution in [0.15, 0.2) is 36.5 Å². The van der Waals surface area contributed by atoms with E-state index >= 15 is 0 Å². The zero-order chi connectivity index (χ0) is 14.5. The van der Waals surface area contributed by atoms with Crippen molar-refractivity contribution in [3.05, 3.63) is 58.4 Å². The molecule has 0 saturated heterocycles. The number of ketones is 1. The zero-order valence-electron chi connectivity index (χ0n) is 11.0. The number of carbonyl (C=O) groups excluding carboxylic acids is 2. The molecule has 5 heteroatoms. The molecule has 1 aromatic carbocycles. The first-order valence-corrected chi connectivity index (χ1v) is 6.61. The predicted octanol–water partition coefficient (Wildman–Crippen LogP) is 3.27. The Morgan fingerprint density at radius 1 is 1.30 bits per heavy atom. The summed E-state index contributed by atoms with van der Waals surface area (Å²) in [5.74, 6) is -0.548. The standard InChI is InChI=1S/C15H14ClNO3/c1-2-20-15(19)13-8-11(9-17-13)14(18)7-10-4-3-5-12(16)6-10/h3-6,8-9,17H,2,7H2,1H3. The highest BCUT2D eigenvalue weighted by Crippen LogP contribution is 2.14. The molecule has 104 valence electrons. The van der Waals surface area contributed by atoms with Crippen LogP contribution < -0.4 is 0 Å². The lowest BCUT2D eigenvalue weighted by molar-refractivity contribution is 0.0520. The van der Waals surface area contributed by atoms with Gasteiger partial charge in [-0.05, 0) is 30.7 Å². The van der Waals surface area contributed by atoms with Crippen LogP contribution in [0.5, 0.6) is 0 Å². The highest BCUT2D eigenvalue weighted by molar-refractivity contribution is 6.30. The van der Waals surface area contributed by atoms with Crippen molar-refractivity contribution in [3.8, 4) is 0 Å². The van der Waals surface area contributed by atoms with Gasteiger partial charge in [0.1, 0.15) is 5.69 Å². The SMILES string of the molecule is CCOC(=O)c1cc(C(=O)Cc2cccc(Cl)c2)c[nH]1. The van der Waals surface area contributed by atoms with E-state index in [1.54, 1.807) is 25.1 Å². The molecule has 20 heavy (non-hydrogen) atoms. The molecule has 0 amide bonds. The number of H-pyrrole nitrogens is 1. The Hall–Kier alpha value is -2.07. The van der Waals surface area contributed by atoms with Gasteiger partial charge in [-0.1, -0.05) is 23.7 Å². The highest BCUT2D eigenvalue weighted by atomic mass is 35.5. The molecule has 0 aliphatic heterocycles. The summed E-state index contributed by atoms with van der Waals surface area (Å²) in [4.78, 5) is 26.4. The quantitative estimate of drug-likeness (QED) is 0.679. The number of aromatic nitrogens is 1. The summed E-state index contributed by atoms with van der Waals surface area (Å²) in [6.45, 7) is 2.02. The number of hydrogen-bond donors (Lipinski definition) is 1. The van der Waals surface area contributed by atoms with Crippen LogP contribution in [-0.4, -0.2) is 23.3 Å². The Bertz CT molecular complexity index is 634. The molecule has 0 spiro atoms. The van der Waals surface area contributed by atoms with E-state index < -0.39 is 5.97 Å². The third-order valence-electron chi connectivity index (χ3n) is 2.75. The second-order valence-corrected chi connectivity index (χ2v) is 4.69. The smallest absolute Gasteiger partial charge is 0.354 e. The molecule has 1 aromatic heterocycles. The second kappa shape index (κ2) is 6.39. The molecule has 0 bridgehead atoms. The third-order valence-corrected chi connectivity index (χ3v) is 2.99. The number of esters is 1. The number of nitrogens with one attached hydrogen (secondary N) is 1. The summed E-state index contributed by atoms with van der Waals surface area (Å²) in [5, 5.41) is 0.594. The molecule has 0 unspecified atom stereocenters. The average molecular weight is 292 g/mol. The molecule has 4 nitrogen and oxygen atoms in total. The number of benzene rings is 1. The molecule has 2 rings (SSSR count). The normalized spacial score (nSPS) is 10.3. The molecule has 0 fully saturated rings. The average Bonchev–Trinajstić information content (AvgIpc) is 2.88. The second-order valence-electron chi connectivity index (χ2n) is 4.25. The molecule has 2 aromatic rings. The van der Waals surface area contributed by atoms with E-state index in [2.05, 4.69) is 4.98 Å². The topological polar surface area (TPSA) is 59.2 Å². The van der Waals surface area contributed by atoms with Gasteiger partial charge >= 0.3 is 5.97 Å². The van der Waals surface area contributed by atoms with Crippen molar-refractivity contribution in [1.82, 2.24) is 4.98 Å². The van der Waals surface area contributed by atoms with Crippen molar-refractivity contribution < 1.29 is 14.3 Å². The number of Topliss-reactive ketones (excluding diaryl/α,β-unsaturated/α-hetero) is 1. The minimum atomic E-state index is -0.464.